The van der Waals surface area contributed by atoms with Crippen LogP contribution in [0.15, 0.2) is 42.9 Å². The molecule has 0 aliphatic carbocycles. The molecule has 4 rings (SSSR count). The number of aromatic nitrogens is 3. The van der Waals surface area contributed by atoms with Gasteiger partial charge in [0, 0.05) is 29.9 Å². The molecule has 3 aromatic rings. The third kappa shape index (κ3) is 4.48. The molecule has 34 heavy (non-hydrogen) atoms. The van der Waals surface area contributed by atoms with Crippen molar-refractivity contribution < 1.29 is 18.8 Å². The first-order valence-electron chi connectivity index (χ1n) is 11.0. The number of benzene rings is 1. The van der Waals surface area contributed by atoms with E-state index in [4.69, 9.17) is 0 Å². The number of anilines is 1. The second kappa shape index (κ2) is 8.85. The molecule has 10 heteroatoms. The van der Waals surface area contributed by atoms with Crippen LogP contribution in [0.3, 0.4) is 0 Å². The molecule has 1 saturated heterocycles. The van der Waals surface area contributed by atoms with E-state index in [9.17, 15) is 18.8 Å². The first-order valence-corrected chi connectivity index (χ1v) is 11.0. The van der Waals surface area contributed by atoms with Crippen LogP contribution in [0.1, 0.15) is 39.3 Å². The highest BCUT2D eigenvalue weighted by atomic mass is 19.1. The lowest BCUT2D eigenvalue weighted by Crippen LogP contribution is -2.60. The van der Waals surface area contributed by atoms with Crippen LogP contribution < -0.4 is 5.32 Å². The summed E-state index contributed by atoms with van der Waals surface area (Å²) in [6.07, 6.45) is 4.55. The van der Waals surface area contributed by atoms with Crippen molar-refractivity contribution in [1.82, 2.24) is 25.0 Å². The Kier molecular flexibility index (Phi) is 6.07. The summed E-state index contributed by atoms with van der Waals surface area (Å²) >= 11 is 0. The van der Waals surface area contributed by atoms with E-state index in [0.717, 1.165) is 0 Å². The lowest BCUT2D eigenvalue weighted by atomic mass is 9.91. The van der Waals surface area contributed by atoms with Gasteiger partial charge in [0.2, 0.25) is 5.91 Å². The zero-order valence-electron chi connectivity index (χ0n) is 19.5. The number of carbonyl (C=O) groups is 3. The van der Waals surface area contributed by atoms with Gasteiger partial charge >= 0.3 is 11.8 Å². The van der Waals surface area contributed by atoms with Gasteiger partial charge in [-0.1, -0.05) is 32.9 Å². The van der Waals surface area contributed by atoms with Gasteiger partial charge in [0.25, 0.3) is 0 Å². The molecule has 3 amide bonds. The van der Waals surface area contributed by atoms with Crippen molar-refractivity contribution in [3.63, 3.8) is 0 Å². The Balaban J connectivity index is 1.63. The van der Waals surface area contributed by atoms with Crippen LogP contribution in [0, 0.1) is 11.2 Å². The fraction of sp³-hybridized carbons (Fsp3) is 0.375. The molecule has 1 aromatic carbocycles. The summed E-state index contributed by atoms with van der Waals surface area (Å²) in [5, 5.41) is 9.96. The highest BCUT2D eigenvalue weighted by Gasteiger charge is 2.41. The molecule has 178 valence electrons. The number of pyridine rings is 1. The van der Waals surface area contributed by atoms with Crippen molar-refractivity contribution in [2.24, 2.45) is 5.41 Å². The Labute approximate surface area is 196 Å². The van der Waals surface area contributed by atoms with E-state index in [-0.39, 0.29) is 25.0 Å². The summed E-state index contributed by atoms with van der Waals surface area (Å²) in [4.78, 5) is 46.6. The third-order valence-electron chi connectivity index (χ3n) is 5.97. The molecule has 2 atom stereocenters. The fourth-order valence-corrected chi connectivity index (χ4v) is 4.15. The van der Waals surface area contributed by atoms with Crippen molar-refractivity contribution in [2.45, 2.75) is 39.8 Å². The van der Waals surface area contributed by atoms with Crippen LogP contribution in [0.4, 0.5) is 10.1 Å². The van der Waals surface area contributed by atoms with Gasteiger partial charge in [-0.25, -0.2) is 4.39 Å². The predicted molar refractivity (Wildman–Crippen MR) is 124 cm³/mol. The van der Waals surface area contributed by atoms with Crippen LogP contribution in [0.2, 0.25) is 0 Å². The molecule has 0 bridgehead atoms. The van der Waals surface area contributed by atoms with Gasteiger partial charge in [-0.3, -0.25) is 24.5 Å². The van der Waals surface area contributed by atoms with E-state index in [1.165, 1.54) is 29.4 Å². The molecule has 0 unspecified atom stereocenters. The molecular weight excluding hydrogens is 439 g/mol. The summed E-state index contributed by atoms with van der Waals surface area (Å²) in [6, 6.07) is 4.84. The van der Waals surface area contributed by atoms with Crippen molar-refractivity contribution in [3.8, 4) is 0 Å². The van der Waals surface area contributed by atoms with E-state index in [1.54, 1.807) is 23.2 Å². The van der Waals surface area contributed by atoms with Crippen LogP contribution in [0.25, 0.3) is 10.9 Å². The summed E-state index contributed by atoms with van der Waals surface area (Å²) in [5.74, 6) is -2.04. The summed E-state index contributed by atoms with van der Waals surface area (Å²) in [5.41, 5.74) is 1.01. The monoisotopic (exact) mass is 466 g/mol. The minimum atomic E-state index is -0.828. The topological polar surface area (TPSA) is 111 Å². The highest BCUT2D eigenvalue weighted by Crippen LogP contribution is 2.31. The minimum Gasteiger partial charge on any atom is -0.335 e. The van der Waals surface area contributed by atoms with E-state index >= 15 is 0 Å². The minimum absolute atomic E-state index is 0.0543. The first-order chi connectivity index (χ1) is 16.1. The van der Waals surface area contributed by atoms with Crippen molar-refractivity contribution in [1.29, 1.82) is 0 Å². The molecule has 9 nitrogen and oxygen atoms in total. The summed E-state index contributed by atoms with van der Waals surface area (Å²) in [7, 11) is 0. The van der Waals surface area contributed by atoms with Crippen molar-refractivity contribution >= 4 is 34.3 Å². The van der Waals surface area contributed by atoms with Gasteiger partial charge in [0.05, 0.1) is 35.8 Å². The average Bonchev–Trinajstić information content (AvgIpc) is 3.28. The van der Waals surface area contributed by atoms with Gasteiger partial charge in [-0.2, -0.15) is 5.10 Å². The number of fused-ring (bicyclic) bond motifs is 1. The normalized spacial score (nSPS) is 18.7. The number of hydrogen-bond acceptors (Lipinski definition) is 5. The fourth-order valence-electron chi connectivity index (χ4n) is 4.15. The number of carbonyl (C=O) groups excluding carboxylic acids is 3. The maximum atomic E-state index is 13.6. The number of hydrogen-bond donors (Lipinski definition) is 2. The first kappa shape index (κ1) is 23.3. The van der Waals surface area contributed by atoms with Crippen LogP contribution in [-0.2, 0) is 14.4 Å². The average molecular weight is 467 g/mol. The Bertz CT molecular complexity index is 1230. The Morgan fingerprint density at radius 2 is 1.76 bits per heavy atom. The number of nitrogens with zero attached hydrogens (tertiary/aromatic N) is 4. The maximum Gasteiger partial charge on any atom is 0.313 e. The van der Waals surface area contributed by atoms with E-state index in [1.807, 2.05) is 27.7 Å². The maximum absolute atomic E-state index is 13.6. The number of rotatable bonds is 2. The van der Waals surface area contributed by atoms with Gasteiger partial charge in [0.15, 0.2) is 0 Å². The third-order valence-corrected chi connectivity index (χ3v) is 5.97. The second-order valence-electron chi connectivity index (χ2n) is 9.55. The second-order valence-corrected chi connectivity index (χ2v) is 9.55. The zero-order chi connectivity index (χ0) is 24.6. The molecule has 0 spiro atoms. The van der Waals surface area contributed by atoms with E-state index in [2.05, 4.69) is 20.5 Å². The molecule has 0 saturated carbocycles. The zero-order valence-corrected chi connectivity index (χ0v) is 19.5. The van der Waals surface area contributed by atoms with Crippen LogP contribution in [0.5, 0.6) is 0 Å². The predicted octanol–water partition coefficient (Wildman–Crippen LogP) is 2.88. The molecule has 3 heterocycles. The van der Waals surface area contributed by atoms with E-state index < -0.39 is 29.1 Å². The largest absolute Gasteiger partial charge is 0.335 e. The quantitative estimate of drug-likeness (QED) is 0.564. The number of piperazine rings is 1. The van der Waals surface area contributed by atoms with Gasteiger partial charge in [-0.05, 0) is 24.6 Å². The smallest absolute Gasteiger partial charge is 0.313 e. The SMILES string of the molecule is C[C@@H]1CN(C(=O)C(=O)Nc2cncc3[nH]ncc23)[C@H](c2ccc(F)cc2)CN1C(=O)C(C)(C)C. The van der Waals surface area contributed by atoms with E-state index in [0.29, 0.717) is 22.2 Å². The molecule has 2 aromatic heterocycles. The molecule has 1 aliphatic heterocycles. The van der Waals surface area contributed by atoms with Gasteiger partial charge in [0.1, 0.15) is 5.82 Å². The van der Waals surface area contributed by atoms with Crippen LogP contribution >= 0.6 is 0 Å². The molecular formula is C24H27FN6O3. The highest BCUT2D eigenvalue weighted by molar-refractivity contribution is 6.40. The van der Waals surface area contributed by atoms with Gasteiger partial charge < -0.3 is 15.1 Å². The lowest BCUT2D eigenvalue weighted by molar-refractivity contribution is -0.154. The lowest BCUT2D eigenvalue weighted by Gasteiger charge is -2.46. The van der Waals surface area contributed by atoms with Crippen molar-refractivity contribution in [2.75, 3.05) is 18.4 Å². The van der Waals surface area contributed by atoms with Crippen molar-refractivity contribution in [3.05, 3.63) is 54.2 Å². The molecule has 0 radical (unpaired) electrons. The Morgan fingerprint density at radius 3 is 2.44 bits per heavy atom. The summed E-state index contributed by atoms with van der Waals surface area (Å²) in [6.45, 7) is 7.71. The number of amides is 3. The van der Waals surface area contributed by atoms with Crippen LogP contribution in [-0.4, -0.2) is 61.8 Å². The number of nitrogens with one attached hydrogen (secondary N) is 2. The van der Waals surface area contributed by atoms with Gasteiger partial charge in [-0.15, -0.1) is 0 Å². The standard InChI is InChI=1S/C24H27FN6O3/c1-14-12-31(22(33)21(32)28-18-10-26-11-19-17(18)9-27-29-19)20(15-5-7-16(25)8-6-15)13-30(14)23(34)24(2,3)4/h5-11,14,20H,12-13H2,1-4H3,(H,27,29)(H,28,32)/t14-,20+/m1/s1. The molecule has 2 N–H and O–H groups in total. The number of aromatic amines is 1. The Morgan fingerprint density at radius 1 is 1.06 bits per heavy atom. The number of halogens is 1. The Hall–Kier alpha value is -3.82. The summed E-state index contributed by atoms with van der Waals surface area (Å²) < 4.78 is 13.6. The molecule has 1 fully saturated rings. The number of H-pyrrole nitrogens is 1. The molecule has 1 aliphatic rings.